The van der Waals surface area contributed by atoms with Crippen LogP contribution in [0.3, 0.4) is 0 Å². The van der Waals surface area contributed by atoms with E-state index < -0.39 is 0 Å². The molecule has 4 heteroatoms. The van der Waals surface area contributed by atoms with E-state index in [9.17, 15) is 4.79 Å². The number of halogens is 1. The molecule has 12 heavy (non-hydrogen) atoms. The Kier molecular flexibility index (Phi) is 2.00. The molecule has 2 rings (SSSR count). The topological polar surface area (TPSA) is 32.3 Å². The lowest BCUT2D eigenvalue weighted by Gasteiger charge is -2.26. The van der Waals surface area contributed by atoms with Gasteiger partial charge in [-0.2, -0.15) is 0 Å². The maximum atomic E-state index is 11.2. The van der Waals surface area contributed by atoms with Gasteiger partial charge >= 0.3 is 6.03 Å². The second-order valence-electron chi connectivity index (χ2n) is 2.75. The van der Waals surface area contributed by atoms with E-state index in [1.165, 1.54) is 5.57 Å². The van der Waals surface area contributed by atoms with Gasteiger partial charge in [0.2, 0.25) is 0 Å². The van der Waals surface area contributed by atoms with Crippen molar-refractivity contribution in [3.63, 3.8) is 0 Å². The van der Waals surface area contributed by atoms with Crippen molar-refractivity contribution in [2.45, 2.75) is 0 Å². The van der Waals surface area contributed by atoms with E-state index in [2.05, 4.69) is 19.5 Å². The minimum Gasteiger partial charge on any atom is -0.323 e. The van der Waals surface area contributed by atoms with Crippen LogP contribution in [0.15, 0.2) is 21.4 Å². The van der Waals surface area contributed by atoms with Crippen LogP contribution in [0.1, 0.15) is 0 Å². The second kappa shape index (κ2) is 3.01. The molecule has 0 bridgehead atoms. The van der Waals surface area contributed by atoms with Crippen molar-refractivity contribution in [2.24, 2.45) is 0 Å². The zero-order valence-corrected chi connectivity index (χ0v) is 8.83. The van der Waals surface area contributed by atoms with Crippen LogP contribution in [0.2, 0.25) is 0 Å². The van der Waals surface area contributed by atoms with Crippen molar-refractivity contribution in [3.05, 3.63) is 21.4 Å². The molecule has 0 fully saturated rings. The van der Waals surface area contributed by atoms with Crippen LogP contribution in [0.5, 0.6) is 0 Å². The fraction of sp³-hybridized carbons (Fsp3) is 0.250. The molecule has 0 aromatic heterocycles. The Hall–Kier alpha value is -0.650. The van der Waals surface area contributed by atoms with Crippen LogP contribution in [0.25, 0.3) is 0 Å². The van der Waals surface area contributed by atoms with Crippen molar-refractivity contribution >= 4 is 30.8 Å². The highest BCUT2D eigenvalue weighted by Crippen LogP contribution is 2.18. The van der Waals surface area contributed by atoms with Crippen molar-refractivity contribution in [3.8, 4) is 0 Å². The molecule has 2 aliphatic heterocycles. The van der Waals surface area contributed by atoms with Crippen LogP contribution < -0.4 is 5.32 Å². The fourth-order valence-electron chi connectivity index (χ4n) is 1.16. The monoisotopic (exact) mass is 276 g/mol. The molecule has 2 amide bonds. The molecule has 0 atom stereocenters. The Morgan fingerprint density at radius 3 is 3.33 bits per heavy atom. The first kappa shape index (κ1) is 7.97. The predicted molar refractivity (Wildman–Crippen MR) is 57.4 cm³/mol. The molecule has 2 aliphatic rings. The standard InChI is InChI=1S/C8H9IN2O/c1-11-5-6-2-3-9-4-7(6)10-8(11)12/h2-4H,5H2,1H3,(H,10,12). The van der Waals surface area contributed by atoms with Gasteiger partial charge in [0.1, 0.15) is 0 Å². The number of hydrogen-bond acceptors (Lipinski definition) is 1. The van der Waals surface area contributed by atoms with Gasteiger partial charge in [-0.15, -0.1) is 0 Å². The van der Waals surface area contributed by atoms with Crippen LogP contribution in [0, 0.1) is 0 Å². The lowest BCUT2D eigenvalue weighted by atomic mass is 10.2. The van der Waals surface area contributed by atoms with Gasteiger partial charge < -0.3 is 10.2 Å². The Morgan fingerprint density at radius 2 is 2.50 bits per heavy atom. The summed E-state index contributed by atoms with van der Waals surface area (Å²) < 4.78 is 4.36. The highest BCUT2D eigenvalue weighted by molar-refractivity contribution is 14.2. The van der Waals surface area contributed by atoms with Gasteiger partial charge in [0.25, 0.3) is 0 Å². The molecule has 0 saturated carbocycles. The number of likely N-dealkylation sites (N-methyl/N-ethyl adjacent to an activating group) is 1. The average molecular weight is 276 g/mol. The molecule has 0 spiro atoms. The number of hydrogen-bond donors (Lipinski definition) is 1. The maximum absolute atomic E-state index is 11.2. The molecule has 0 aromatic carbocycles. The summed E-state index contributed by atoms with van der Waals surface area (Å²) in [5, 5.41) is 2.86. The maximum Gasteiger partial charge on any atom is 0.321 e. The molecule has 0 aliphatic carbocycles. The molecule has 3 nitrogen and oxygen atoms in total. The van der Waals surface area contributed by atoms with Crippen LogP contribution in [-0.4, -0.2) is 28.5 Å². The van der Waals surface area contributed by atoms with Crippen LogP contribution in [-0.2, 0) is 0 Å². The van der Waals surface area contributed by atoms with Gasteiger partial charge in [0.05, 0.1) is 5.70 Å². The third-order valence-electron chi connectivity index (χ3n) is 1.85. The second-order valence-corrected chi connectivity index (χ2v) is 4.81. The summed E-state index contributed by atoms with van der Waals surface area (Å²) in [5.74, 6) is 0. The van der Waals surface area contributed by atoms with Crippen molar-refractivity contribution < 1.29 is 4.79 Å². The molecule has 64 valence electrons. The van der Waals surface area contributed by atoms with E-state index in [4.69, 9.17) is 0 Å². The number of nitrogens with one attached hydrogen (secondary N) is 1. The molecule has 0 aromatic rings. The molecule has 0 unspecified atom stereocenters. The first-order valence-corrected chi connectivity index (χ1v) is 6.13. The summed E-state index contributed by atoms with van der Waals surface area (Å²) in [6, 6.07) is 0.00399. The number of carbonyl (C=O) groups excluding carboxylic acids is 1. The van der Waals surface area contributed by atoms with E-state index in [0.29, 0.717) is 0 Å². The Balaban J connectivity index is 2.34. The highest BCUT2D eigenvalue weighted by Gasteiger charge is 2.19. The van der Waals surface area contributed by atoms with Gasteiger partial charge in [-0.1, -0.05) is 20.7 Å². The molecular formula is C8H9IN2O. The summed E-state index contributed by atoms with van der Waals surface area (Å²) in [6.07, 6.45) is 2.12. The van der Waals surface area contributed by atoms with E-state index in [0.717, 1.165) is 12.2 Å². The fourth-order valence-corrected chi connectivity index (χ4v) is 2.92. The highest BCUT2D eigenvalue weighted by atomic mass is 127. The van der Waals surface area contributed by atoms with Gasteiger partial charge in [0.15, 0.2) is 0 Å². The van der Waals surface area contributed by atoms with Gasteiger partial charge in [0, 0.05) is 13.6 Å². The predicted octanol–water partition coefficient (Wildman–Crippen LogP) is 1.20. The Morgan fingerprint density at radius 1 is 1.67 bits per heavy atom. The summed E-state index contributed by atoms with van der Waals surface area (Å²) >= 11 is 0.0381. The van der Waals surface area contributed by atoms with Crippen molar-refractivity contribution in [2.75, 3.05) is 13.6 Å². The van der Waals surface area contributed by atoms with Gasteiger partial charge in [-0.25, -0.2) is 4.79 Å². The lowest BCUT2D eigenvalue weighted by molar-refractivity contribution is 0.213. The first-order chi connectivity index (χ1) is 5.77. The first-order valence-electron chi connectivity index (χ1n) is 3.64. The van der Waals surface area contributed by atoms with E-state index in [1.807, 2.05) is 0 Å². The summed E-state index contributed by atoms with van der Waals surface area (Å²) in [7, 11) is 1.80. The SMILES string of the molecule is CN1CC2=C(C=IC=C2)NC1=O. The number of carbonyl (C=O) groups is 1. The number of rotatable bonds is 0. The normalized spacial score (nSPS) is 21.8. The Bertz CT molecular complexity index is 317. The summed E-state index contributed by atoms with van der Waals surface area (Å²) in [5.41, 5.74) is 2.26. The number of nitrogens with zero attached hydrogens (tertiary/aromatic N) is 1. The number of allylic oxidation sites excluding steroid dienone is 1. The number of amides is 2. The number of urea groups is 1. The quantitative estimate of drug-likeness (QED) is 0.662. The van der Waals surface area contributed by atoms with Crippen LogP contribution in [0.4, 0.5) is 4.79 Å². The average Bonchev–Trinajstić information content (AvgIpc) is 2.07. The smallest absolute Gasteiger partial charge is 0.321 e. The third kappa shape index (κ3) is 1.31. The van der Waals surface area contributed by atoms with E-state index >= 15 is 0 Å². The van der Waals surface area contributed by atoms with E-state index in [1.54, 1.807) is 11.9 Å². The van der Waals surface area contributed by atoms with Crippen LogP contribution >= 0.6 is 20.7 Å². The zero-order chi connectivity index (χ0) is 8.55. The minimum atomic E-state index is 0.00399. The molecule has 0 saturated heterocycles. The van der Waals surface area contributed by atoms with E-state index in [-0.39, 0.29) is 26.8 Å². The molecule has 0 radical (unpaired) electrons. The third-order valence-corrected chi connectivity index (χ3v) is 3.61. The van der Waals surface area contributed by atoms with Crippen molar-refractivity contribution in [1.29, 1.82) is 0 Å². The molecular weight excluding hydrogens is 267 g/mol. The van der Waals surface area contributed by atoms with Crippen molar-refractivity contribution in [1.82, 2.24) is 10.2 Å². The van der Waals surface area contributed by atoms with Gasteiger partial charge in [-0.05, 0) is 19.7 Å². The summed E-state index contributed by atoms with van der Waals surface area (Å²) in [6.45, 7) is 0.734. The lowest BCUT2D eigenvalue weighted by Crippen LogP contribution is -2.43. The summed E-state index contributed by atoms with van der Waals surface area (Å²) in [4.78, 5) is 12.9. The zero-order valence-electron chi connectivity index (χ0n) is 6.67. The Labute approximate surface area is 80.9 Å². The van der Waals surface area contributed by atoms with Gasteiger partial charge in [-0.3, -0.25) is 0 Å². The molecule has 2 heterocycles. The largest absolute Gasteiger partial charge is 0.323 e. The molecule has 1 N–H and O–H groups in total. The minimum absolute atomic E-state index is 0.00399.